The minimum absolute atomic E-state index is 0.0110. The maximum Gasteiger partial charge on any atom is 0.259 e. The molecule has 0 bridgehead atoms. The lowest BCUT2D eigenvalue weighted by atomic mass is 10.2. The molecule has 1 aromatic carbocycles. The average molecular weight is 368 g/mol. The first-order valence-corrected chi connectivity index (χ1v) is 8.01. The molecule has 2 heterocycles. The lowest BCUT2D eigenvalue weighted by Gasteiger charge is -2.05. The quantitative estimate of drug-likeness (QED) is 0.669. The Morgan fingerprint density at radius 3 is 2.74 bits per heavy atom. The van der Waals surface area contributed by atoms with E-state index < -0.39 is 11.7 Å². The normalized spacial score (nSPS) is 10.6. The van der Waals surface area contributed by atoms with Crippen LogP contribution in [0.15, 0.2) is 41.9 Å². The van der Waals surface area contributed by atoms with Gasteiger partial charge in [0.25, 0.3) is 5.91 Å². The van der Waals surface area contributed by atoms with Crippen molar-refractivity contribution in [3.63, 3.8) is 0 Å². The Morgan fingerprint density at radius 2 is 2.00 bits per heavy atom. The Labute approximate surface area is 144 Å². The van der Waals surface area contributed by atoms with Gasteiger partial charge < -0.3 is 0 Å². The zero-order valence-electron chi connectivity index (χ0n) is 11.4. The van der Waals surface area contributed by atoms with Crippen molar-refractivity contribution >= 4 is 45.6 Å². The molecule has 0 saturated carbocycles. The number of nitrogens with one attached hydrogen (secondary N) is 1. The zero-order valence-corrected chi connectivity index (χ0v) is 13.7. The fourth-order valence-corrected chi connectivity index (χ4v) is 2.99. The highest BCUT2D eigenvalue weighted by Crippen LogP contribution is 2.27. The minimum atomic E-state index is -0.713. The first-order valence-electron chi connectivity index (χ1n) is 6.37. The number of thiazole rings is 1. The molecule has 0 spiro atoms. The molecule has 0 aliphatic rings. The van der Waals surface area contributed by atoms with Gasteiger partial charge in [0, 0.05) is 11.6 Å². The highest BCUT2D eigenvalue weighted by molar-refractivity contribution is 7.14. The van der Waals surface area contributed by atoms with Gasteiger partial charge in [-0.3, -0.25) is 15.1 Å². The molecule has 3 rings (SSSR count). The van der Waals surface area contributed by atoms with Crippen molar-refractivity contribution in [3.05, 3.63) is 63.3 Å². The molecule has 1 amide bonds. The second kappa shape index (κ2) is 6.62. The van der Waals surface area contributed by atoms with E-state index >= 15 is 0 Å². The van der Waals surface area contributed by atoms with Gasteiger partial charge in [-0.25, -0.2) is 9.37 Å². The van der Waals surface area contributed by atoms with Crippen molar-refractivity contribution in [3.8, 4) is 11.4 Å². The maximum absolute atomic E-state index is 13.5. The van der Waals surface area contributed by atoms with Gasteiger partial charge in [-0.1, -0.05) is 29.3 Å². The average Bonchev–Trinajstić information content (AvgIpc) is 3.00. The summed E-state index contributed by atoms with van der Waals surface area (Å²) >= 11 is 12.8. The number of pyridine rings is 1. The second-order valence-electron chi connectivity index (χ2n) is 4.45. The number of amides is 1. The maximum atomic E-state index is 13.5. The summed E-state index contributed by atoms with van der Waals surface area (Å²) < 4.78 is 13.5. The van der Waals surface area contributed by atoms with Crippen LogP contribution in [0.5, 0.6) is 0 Å². The van der Waals surface area contributed by atoms with Crippen LogP contribution in [-0.2, 0) is 0 Å². The Bertz CT molecular complexity index is 870. The van der Waals surface area contributed by atoms with E-state index in [4.69, 9.17) is 23.2 Å². The lowest BCUT2D eigenvalue weighted by molar-refractivity contribution is 0.102. The van der Waals surface area contributed by atoms with Gasteiger partial charge in [0.05, 0.1) is 21.3 Å². The number of halogens is 3. The predicted molar refractivity (Wildman–Crippen MR) is 89.7 cm³/mol. The van der Waals surface area contributed by atoms with Crippen molar-refractivity contribution < 1.29 is 9.18 Å². The Balaban J connectivity index is 1.82. The number of anilines is 1. The van der Waals surface area contributed by atoms with Crippen molar-refractivity contribution in [1.82, 2.24) is 9.97 Å². The number of carbonyl (C=O) groups is 1. The third-order valence-corrected chi connectivity index (χ3v) is 4.27. The van der Waals surface area contributed by atoms with Crippen LogP contribution in [0.2, 0.25) is 10.0 Å². The summed E-state index contributed by atoms with van der Waals surface area (Å²) in [6.45, 7) is 0. The molecule has 3 aromatic rings. The van der Waals surface area contributed by atoms with Crippen molar-refractivity contribution in [2.24, 2.45) is 0 Å². The molecule has 1 N–H and O–H groups in total. The van der Waals surface area contributed by atoms with Gasteiger partial charge in [0.2, 0.25) is 0 Å². The highest BCUT2D eigenvalue weighted by atomic mass is 35.5. The van der Waals surface area contributed by atoms with Crippen LogP contribution in [0.4, 0.5) is 9.52 Å². The summed E-state index contributed by atoms with van der Waals surface area (Å²) in [5.41, 5.74) is 1.32. The van der Waals surface area contributed by atoms with Gasteiger partial charge in [-0.05, 0) is 24.3 Å². The van der Waals surface area contributed by atoms with Crippen LogP contribution in [-0.4, -0.2) is 15.9 Å². The topological polar surface area (TPSA) is 54.9 Å². The largest absolute Gasteiger partial charge is 0.298 e. The number of hydrogen-bond donors (Lipinski definition) is 1. The second-order valence-corrected chi connectivity index (χ2v) is 6.13. The van der Waals surface area contributed by atoms with Crippen molar-refractivity contribution in [2.45, 2.75) is 0 Å². The monoisotopic (exact) mass is 367 g/mol. The van der Waals surface area contributed by atoms with Crippen molar-refractivity contribution in [2.75, 3.05) is 5.32 Å². The molecule has 0 atom stereocenters. The van der Waals surface area contributed by atoms with Crippen molar-refractivity contribution in [1.29, 1.82) is 0 Å². The number of hydrogen-bond acceptors (Lipinski definition) is 4. The first-order chi connectivity index (χ1) is 11.0. The lowest BCUT2D eigenvalue weighted by Crippen LogP contribution is -2.12. The summed E-state index contributed by atoms with van der Waals surface area (Å²) in [5.74, 6) is -1.28. The third kappa shape index (κ3) is 3.50. The van der Waals surface area contributed by atoms with E-state index in [0.29, 0.717) is 16.5 Å². The molecule has 2 aromatic heterocycles. The summed E-state index contributed by atoms with van der Waals surface area (Å²) in [4.78, 5) is 20.6. The molecule has 0 unspecified atom stereocenters. The van der Waals surface area contributed by atoms with E-state index in [1.807, 2.05) is 12.1 Å². The smallest absolute Gasteiger partial charge is 0.259 e. The molecular formula is C15H8Cl2FN3OS. The molecular weight excluding hydrogens is 360 g/mol. The van der Waals surface area contributed by atoms with Crippen LogP contribution < -0.4 is 5.32 Å². The molecule has 0 fully saturated rings. The van der Waals surface area contributed by atoms with Gasteiger partial charge >= 0.3 is 0 Å². The van der Waals surface area contributed by atoms with Gasteiger partial charge in [0.15, 0.2) is 5.13 Å². The molecule has 4 nitrogen and oxygen atoms in total. The molecule has 23 heavy (non-hydrogen) atoms. The predicted octanol–water partition coefficient (Wildman–Crippen LogP) is 4.90. The molecule has 0 saturated heterocycles. The Hall–Kier alpha value is -2.02. The zero-order chi connectivity index (χ0) is 16.4. The molecule has 0 radical (unpaired) electrons. The summed E-state index contributed by atoms with van der Waals surface area (Å²) in [7, 11) is 0. The fourth-order valence-electron chi connectivity index (χ4n) is 1.82. The molecule has 0 aliphatic heterocycles. The van der Waals surface area contributed by atoms with Gasteiger partial charge in [-0.15, -0.1) is 11.3 Å². The van der Waals surface area contributed by atoms with Crippen LogP contribution in [0, 0.1) is 5.82 Å². The number of nitrogens with zero attached hydrogens (tertiary/aromatic N) is 2. The summed E-state index contributed by atoms with van der Waals surface area (Å²) in [6.07, 6.45) is 1.66. The van der Waals surface area contributed by atoms with E-state index in [1.165, 1.54) is 17.4 Å². The molecule has 0 aliphatic carbocycles. The van der Waals surface area contributed by atoms with Crippen LogP contribution in [0.25, 0.3) is 11.4 Å². The van der Waals surface area contributed by atoms with E-state index in [1.54, 1.807) is 17.6 Å². The first kappa shape index (κ1) is 15.9. The van der Waals surface area contributed by atoms with E-state index in [2.05, 4.69) is 15.3 Å². The van der Waals surface area contributed by atoms with Crippen LogP contribution in [0.3, 0.4) is 0 Å². The Morgan fingerprint density at radius 1 is 1.17 bits per heavy atom. The molecule has 116 valence electrons. The number of aromatic nitrogens is 2. The van der Waals surface area contributed by atoms with Gasteiger partial charge in [-0.2, -0.15) is 0 Å². The van der Waals surface area contributed by atoms with Crippen LogP contribution in [0.1, 0.15) is 10.4 Å². The minimum Gasteiger partial charge on any atom is -0.298 e. The molecule has 8 heteroatoms. The fraction of sp³-hybridized carbons (Fsp3) is 0. The number of benzene rings is 1. The summed E-state index contributed by atoms with van der Waals surface area (Å²) in [5, 5.41) is 4.64. The highest BCUT2D eigenvalue weighted by Gasteiger charge is 2.16. The van der Waals surface area contributed by atoms with E-state index in [0.717, 1.165) is 6.07 Å². The SMILES string of the molecule is O=C(Nc1nc(-c2ccccn2)cs1)c1cc(F)c(Cl)cc1Cl. The van der Waals surface area contributed by atoms with Gasteiger partial charge in [0.1, 0.15) is 11.5 Å². The number of carbonyl (C=O) groups excluding carboxylic acids is 1. The third-order valence-electron chi connectivity index (χ3n) is 2.91. The van der Waals surface area contributed by atoms with Crippen LogP contribution >= 0.6 is 34.5 Å². The number of rotatable bonds is 3. The standard InChI is InChI=1S/C15H8Cl2FN3OS/c16-9-6-10(17)11(18)5-8(9)14(22)21-15-20-13(7-23-15)12-3-1-2-4-19-12/h1-7H,(H,20,21,22). The summed E-state index contributed by atoms with van der Waals surface area (Å²) in [6, 6.07) is 7.64. The van der Waals surface area contributed by atoms with E-state index in [9.17, 15) is 9.18 Å². The Kier molecular flexibility index (Phi) is 4.56. The van der Waals surface area contributed by atoms with E-state index in [-0.39, 0.29) is 15.6 Å².